The maximum atomic E-state index is 13.1. The van der Waals surface area contributed by atoms with E-state index in [0.717, 1.165) is 16.9 Å². The molecular formula is C26H22N2O6. The molecule has 8 nitrogen and oxygen atoms in total. The highest BCUT2D eigenvalue weighted by Gasteiger charge is 2.37. The number of amides is 4. The zero-order chi connectivity index (χ0) is 24.4. The van der Waals surface area contributed by atoms with E-state index in [9.17, 15) is 19.2 Å². The molecule has 2 N–H and O–H groups in total. The molecule has 172 valence electrons. The van der Waals surface area contributed by atoms with Gasteiger partial charge in [-0.2, -0.15) is 0 Å². The lowest BCUT2D eigenvalue weighted by atomic mass is 9.98. The fourth-order valence-corrected chi connectivity index (χ4v) is 3.58. The third kappa shape index (κ3) is 4.38. The molecule has 4 amide bonds. The van der Waals surface area contributed by atoms with Crippen molar-refractivity contribution in [3.05, 3.63) is 83.1 Å². The predicted molar refractivity (Wildman–Crippen MR) is 125 cm³/mol. The lowest BCUT2D eigenvalue weighted by Gasteiger charge is -2.26. The van der Waals surface area contributed by atoms with E-state index in [0.29, 0.717) is 22.9 Å². The highest BCUT2D eigenvalue weighted by molar-refractivity contribution is 6.39. The number of carbonyl (C=O) groups is 4. The van der Waals surface area contributed by atoms with E-state index in [1.54, 1.807) is 36.4 Å². The van der Waals surface area contributed by atoms with Gasteiger partial charge in [-0.3, -0.25) is 14.9 Å². The number of nitrogens with one attached hydrogen (secondary N) is 1. The molecule has 0 spiro atoms. The molecule has 0 radical (unpaired) electrons. The number of aromatic carboxylic acids is 1. The Labute approximate surface area is 195 Å². The number of rotatable bonds is 6. The molecule has 1 fully saturated rings. The lowest BCUT2D eigenvalue weighted by molar-refractivity contribution is -0.122. The molecule has 1 saturated heterocycles. The number of carboxylic acid groups (broad SMARTS) is 1. The zero-order valence-electron chi connectivity index (χ0n) is 18.6. The number of anilines is 1. The van der Waals surface area contributed by atoms with Crippen LogP contribution in [-0.2, 0) is 9.59 Å². The Bertz CT molecular complexity index is 1300. The molecule has 0 saturated carbocycles. The van der Waals surface area contributed by atoms with Crippen molar-refractivity contribution in [2.75, 3.05) is 4.90 Å². The van der Waals surface area contributed by atoms with Gasteiger partial charge in [0.2, 0.25) is 0 Å². The van der Waals surface area contributed by atoms with Crippen molar-refractivity contribution in [2.24, 2.45) is 0 Å². The summed E-state index contributed by atoms with van der Waals surface area (Å²) in [6.07, 6.45) is 2.23. The molecule has 8 heteroatoms. The molecule has 0 aliphatic carbocycles. The van der Waals surface area contributed by atoms with Crippen LogP contribution in [0.25, 0.3) is 17.4 Å². The molecule has 0 bridgehead atoms. The summed E-state index contributed by atoms with van der Waals surface area (Å²) >= 11 is 0. The first-order chi connectivity index (χ1) is 16.3. The van der Waals surface area contributed by atoms with Gasteiger partial charge in [-0.25, -0.2) is 14.5 Å². The van der Waals surface area contributed by atoms with Crippen LogP contribution in [0.1, 0.15) is 47.9 Å². The number of furan rings is 1. The van der Waals surface area contributed by atoms with Crippen LogP contribution in [0, 0.1) is 0 Å². The Morgan fingerprint density at radius 1 is 1.03 bits per heavy atom. The van der Waals surface area contributed by atoms with Gasteiger partial charge in [0.25, 0.3) is 11.8 Å². The average Bonchev–Trinajstić information content (AvgIpc) is 3.30. The fraction of sp³-hybridized carbons (Fsp3) is 0.154. The minimum Gasteiger partial charge on any atom is -0.478 e. The zero-order valence-corrected chi connectivity index (χ0v) is 18.6. The number of nitrogens with zero attached hydrogens (tertiary/aromatic N) is 1. The molecule has 1 unspecified atom stereocenters. The summed E-state index contributed by atoms with van der Waals surface area (Å²) in [5.74, 6) is -1.60. The van der Waals surface area contributed by atoms with Crippen molar-refractivity contribution < 1.29 is 28.7 Å². The van der Waals surface area contributed by atoms with Crippen molar-refractivity contribution in [1.82, 2.24) is 5.32 Å². The van der Waals surface area contributed by atoms with Crippen LogP contribution in [0.2, 0.25) is 0 Å². The molecule has 1 aromatic heterocycles. The minimum atomic E-state index is -1.04. The average molecular weight is 458 g/mol. The first-order valence-corrected chi connectivity index (χ1v) is 10.7. The van der Waals surface area contributed by atoms with Gasteiger partial charge in [0, 0.05) is 5.56 Å². The van der Waals surface area contributed by atoms with E-state index in [1.165, 1.54) is 18.2 Å². The van der Waals surface area contributed by atoms with E-state index in [2.05, 4.69) is 19.2 Å². The Hall–Kier alpha value is -4.46. The van der Waals surface area contributed by atoms with Crippen LogP contribution < -0.4 is 10.2 Å². The van der Waals surface area contributed by atoms with Gasteiger partial charge in [0.05, 0.1) is 11.3 Å². The number of imide groups is 2. The summed E-state index contributed by atoms with van der Waals surface area (Å²) < 4.78 is 5.73. The van der Waals surface area contributed by atoms with Gasteiger partial charge in [-0.1, -0.05) is 38.1 Å². The van der Waals surface area contributed by atoms with Gasteiger partial charge in [0.1, 0.15) is 17.1 Å². The number of carbonyl (C=O) groups excluding carboxylic acids is 3. The summed E-state index contributed by atoms with van der Waals surface area (Å²) in [6, 6.07) is 15.6. The van der Waals surface area contributed by atoms with Gasteiger partial charge >= 0.3 is 12.0 Å². The molecule has 1 aliphatic rings. The number of hydrogen-bond acceptors (Lipinski definition) is 5. The van der Waals surface area contributed by atoms with Crippen LogP contribution in [0.15, 0.2) is 70.7 Å². The summed E-state index contributed by atoms with van der Waals surface area (Å²) in [5.41, 5.74) is 1.97. The Kier molecular flexibility index (Phi) is 6.14. The molecule has 3 aromatic rings. The maximum Gasteiger partial charge on any atom is 0.335 e. The van der Waals surface area contributed by atoms with Gasteiger partial charge in [-0.05, 0) is 60.4 Å². The van der Waals surface area contributed by atoms with E-state index in [4.69, 9.17) is 9.52 Å². The van der Waals surface area contributed by atoms with Crippen LogP contribution >= 0.6 is 0 Å². The molecule has 4 rings (SSSR count). The number of hydrogen-bond donors (Lipinski definition) is 2. The second-order valence-electron chi connectivity index (χ2n) is 7.94. The fourth-order valence-electron chi connectivity index (χ4n) is 3.58. The summed E-state index contributed by atoms with van der Waals surface area (Å²) in [4.78, 5) is 49.9. The van der Waals surface area contributed by atoms with Crippen LogP contribution in [0.5, 0.6) is 0 Å². The number of carboxylic acids is 1. The lowest BCUT2D eigenvalue weighted by Crippen LogP contribution is -2.54. The van der Waals surface area contributed by atoms with Gasteiger partial charge in [-0.15, -0.1) is 0 Å². The van der Waals surface area contributed by atoms with Crippen molar-refractivity contribution >= 4 is 35.6 Å². The smallest absolute Gasteiger partial charge is 0.335 e. The normalized spacial score (nSPS) is 16.0. The second kappa shape index (κ2) is 9.19. The Morgan fingerprint density at radius 3 is 2.32 bits per heavy atom. The van der Waals surface area contributed by atoms with Crippen molar-refractivity contribution in [3.63, 3.8) is 0 Å². The molecule has 1 atom stereocenters. The second-order valence-corrected chi connectivity index (χ2v) is 7.94. The Balaban J connectivity index is 1.60. The van der Waals surface area contributed by atoms with E-state index in [1.807, 2.05) is 12.1 Å². The molecule has 2 heterocycles. The first-order valence-electron chi connectivity index (χ1n) is 10.7. The third-order valence-corrected chi connectivity index (χ3v) is 5.76. The highest BCUT2D eigenvalue weighted by Crippen LogP contribution is 2.27. The Morgan fingerprint density at radius 2 is 1.71 bits per heavy atom. The number of benzene rings is 2. The van der Waals surface area contributed by atoms with Crippen LogP contribution in [0.4, 0.5) is 10.5 Å². The summed E-state index contributed by atoms with van der Waals surface area (Å²) in [7, 11) is 0. The van der Waals surface area contributed by atoms with Crippen molar-refractivity contribution in [3.8, 4) is 11.3 Å². The van der Waals surface area contributed by atoms with E-state index >= 15 is 0 Å². The molecule has 2 aromatic carbocycles. The van der Waals surface area contributed by atoms with E-state index in [-0.39, 0.29) is 16.9 Å². The maximum absolute atomic E-state index is 13.1. The van der Waals surface area contributed by atoms with Gasteiger partial charge < -0.3 is 9.52 Å². The molecule has 34 heavy (non-hydrogen) atoms. The minimum absolute atomic E-state index is 0.143. The van der Waals surface area contributed by atoms with Crippen LogP contribution in [0.3, 0.4) is 0 Å². The summed E-state index contributed by atoms with van der Waals surface area (Å²) in [5, 5.41) is 11.2. The van der Waals surface area contributed by atoms with Gasteiger partial charge in [0.15, 0.2) is 0 Å². The highest BCUT2D eigenvalue weighted by atomic mass is 16.4. The van der Waals surface area contributed by atoms with Crippen molar-refractivity contribution in [2.45, 2.75) is 26.2 Å². The SMILES string of the molecule is CCC(C)c1ccc(N2C(=O)NC(=O)/C(=C\c3ccc(-c4ccc(C(=O)O)cc4)o3)C2=O)cc1. The summed E-state index contributed by atoms with van der Waals surface area (Å²) in [6.45, 7) is 4.17. The van der Waals surface area contributed by atoms with Crippen molar-refractivity contribution in [1.29, 1.82) is 0 Å². The quantitative estimate of drug-likeness (QED) is 0.404. The third-order valence-electron chi connectivity index (χ3n) is 5.76. The van der Waals surface area contributed by atoms with E-state index < -0.39 is 23.8 Å². The number of urea groups is 1. The molecular weight excluding hydrogens is 436 g/mol. The molecule has 1 aliphatic heterocycles. The van der Waals surface area contributed by atoms with Crippen LogP contribution in [-0.4, -0.2) is 28.9 Å². The largest absolute Gasteiger partial charge is 0.478 e. The predicted octanol–water partition coefficient (Wildman–Crippen LogP) is 4.82. The monoisotopic (exact) mass is 458 g/mol. The standard InChI is InChI=1S/C26H22N2O6/c1-3-15(2)16-8-10-19(11-9-16)28-24(30)21(23(29)27-26(28)33)14-20-12-13-22(34-20)17-4-6-18(7-5-17)25(31)32/h4-15H,3H2,1-2H3,(H,31,32)(H,27,29,33)/b21-14+. The number of barbiturate groups is 1. The topological polar surface area (TPSA) is 117 Å². The first kappa shape index (κ1) is 22.7.